The standard InChI is InChI=1S/C20H38O4/c1-13(2)11-17(15(5)6)19(21)23-9-10-24-20(22)18(16(7)8)12-14(3)4/h13-18H,9-12H2,1-8H3. The van der Waals surface area contributed by atoms with Crippen LogP contribution in [-0.4, -0.2) is 25.2 Å². The molecule has 0 bridgehead atoms. The van der Waals surface area contributed by atoms with Crippen LogP contribution in [0.2, 0.25) is 0 Å². The van der Waals surface area contributed by atoms with E-state index in [0.717, 1.165) is 12.8 Å². The zero-order chi connectivity index (χ0) is 18.9. The molecule has 4 nitrogen and oxygen atoms in total. The van der Waals surface area contributed by atoms with Crippen LogP contribution < -0.4 is 0 Å². The number of carbonyl (C=O) groups excluding carboxylic acids is 2. The van der Waals surface area contributed by atoms with Crippen molar-refractivity contribution >= 4 is 11.9 Å². The third-order valence-electron chi connectivity index (χ3n) is 4.24. The van der Waals surface area contributed by atoms with E-state index in [1.165, 1.54) is 0 Å². The highest BCUT2D eigenvalue weighted by molar-refractivity contribution is 5.73. The van der Waals surface area contributed by atoms with Crippen molar-refractivity contribution in [2.75, 3.05) is 13.2 Å². The van der Waals surface area contributed by atoms with Crippen LogP contribution in [0.1, 0.15) is 68.2 Å². The Bertz CT molecular complexity index is 336. The van der Waals surface area contributed by atoms with Gasteiger partial charge in [0, 0.05) is 0 Å². The predicted molar refractivity (Wildman–Crippen MR) is 97.5 cm³/mol. The maximum absolute atomic E-state index is 12.2. The average molecular weight is 343 g/mol. The zero-order valence-electron chi connectivity index (χ0n) is 16.9. The highest BCUT2D eigenvalue weighted by Crippen LogP contribution is 2.23. The summed E-state index contributed by atoms with van der Waals surface area (Å²) in [7, 11) is 0. The Labute approximate surface area is 148 Å². The molecule has 4 heteroatoms. The summed E-state index contributed by atoms with van der Waals surface area (Å²) in [5, 5.41) is 0. The molecule has 0 aliphatic rings. The fourth-order valence-electron chi connectivity index (χ4n) is 2.80. The lowest BCUT2D eigenvalue weighted by Crippen LogP contribution is -2.28. The first-order valence-electron chi connectivity index (χ1n) is 9.39. The van der Waals surface area contributed by atoms with Crippen molar-refractivity contribution in [1.82, 2.24) is 0 Å². The molecule has 0 radical (unpaired) electrons. The van der Waals surface area contributed by atoms with Gasteiger partial charge in [-0.1, -0.05) is 55.4 Å². The molecular weight excluding hydrogens is 304 g/mol. The summed E-state index contributed by atoms with van der Waals surface area (Å²) in [6.07, 6.45) is 1.64. The molecule has 2 unspecified atom stereocenters. The summed E-state index contributed by atoms with van der Waals surface area (Å²) in [6, 6.07) is 0. The molecule has 0 aromatic carbocycles. The Hall–Kier alpha value is -1.06. The van der Waals surface area contributed by atoms with E-state index in [9.17, 15) is 9.59 Å². The van der Waals surface area contributed by atoms with E-state index in [2.05, 4.69) is 27.7 Å². The van der Waals surface area contributed by atoms with Gasteiger partial charge in [-0.2, -0.15) is 0 Å². The molecular formula is C20H38O4. The molecule has 0 rings (SSSR count). The highest BCUT2D eigenvalue weighted by atomic mass is 16.6. The van der Waals surface area contributed by atoms with Gasteiger partial charge in [0.1, 0.15) is 13.2 Å². The summed E-state index contributed by atoms with van der Waals surface area (Å²) in [6.45, 7) is 16.8. The van der Waals surface area contributed by atoms with Gasteiger partial charge in [0.05, 0.1) is 11.8 Å². The van der Waals surface area contributed by atoms with E-state index in [1.807, 2.05) is 27.7 Å². The van der Waals surface area contributed by atoms with Crippen molar-refractivity contribution < 1.29 is 19.1 Å². The van der Waals surface area contributed by atoms with E-state index < -0.39 is 0 Å². The Kier molecular flexibility index (Phi) is 11.0. The minimum Gasteiger partial charge on any atom is -0.462 e. The topological polar surface area (TPSA) is 52.6 Å². The second kappa shape index (κ2) is 11.5. The minimum atomic E-state index is -0.183. The van der Waals surface area contributed by atoms with E-state index in [4.69, 9.17) is 9.47 Å². The van der Waals surface area contributed by atoms with Crippen LogP contribution >= 0.6 is 0 Å². The molecule has 24 heavy (non-hydrogen) atoms. The minimum absolute atomic E-state index is 0.0925. The summed E-state index contributed by atoms with van der Waals surface area (Å²) in [4.78, 5) is 24.4. The van der Waals surface area contributed by atoms with Gasteiger partial charge < -0.3 is 9.47 Å². The summed E-state index contributed by atoms with van der Waals surface area (Å²) in [5.74, 6) is 0.846. The number of hydrogen-bond donors (Lipinski definition) is 0. The molecule has 0 spiro atoms. The Morgan fingerprint density at radius 2 is 0.917 bits per heavy atom. The molecule has 0 aromatic rings. The molecule has 0 saturated heterocycles. The Balaban J connectivity index is 4.30. The molecule has 0 aliphatic carbocycles. The van der Waals surface area contributed by atoms with Crippen molar-refractivity contribution in [3.63, 3.8) is 0 Å². The highest BCUT2D eigenvalue weighted by Gasteiger charge is 2.26. The second-order valence-electron chi connectivity index (χ2n) is 8.30. The van der Waals surface area contributed by atoms with Crippen LogP contribution in [0.15, 0.2) is 0 Å². The quantitative estimate of drug-likeness (QED) is 0.403. The first-order valence-corrected chi connectivity index (χ1v) is 9.39. The van der Waals surface area contributed by atoms with Crippen LogP contribution in [0.3, 0.4) is 0 Å². The first kappa shape index (κ1) is 22.9. The molecule has 0 fully saturated rings. The van der Waals surface area contributed by atoms with Gasteiger partial charge in [-0.15, -0.1) is 0 Å². The van der Waals surface area contributed by atoms with E-state index in [1.54, 1.807) is 0 Å². The Morgan fingerprint density at radius 3 is 1.12 bits per heavy atom. The van der Waals surface area contributed by atoms with Crippen molar-refractivity contribution in [3.05, 3.63) is 0 Å². The van der Waals surface area contributed by atoms with Crippen LogP contribution in [0.25, 0.3) is 0 Å². The van der Waals surface area contributed by atoms with Crippen molar-refractivity contribution in [3.8, 4) is 0 Å². The lowest BCUT2D eigenvalue weighted by molar-refractivity contribution is -0.159. The maximum atomic E-state index is 12.2. The molecule has 0 heterocycles. The predicted octanol–water partition coefficient (Wildman–Crippen LogP) is 4.71. The third-order valence-corrected chi connectivity index (χ3v) is 4.24. The van der Waals surface area contributed by atoms with Crippen LogP contribution in [0.4, 0.5) is 0 Å². The van der Waals surface area contributed by atoms with E-state index in [0.29, 0.717) is 11.8 Å². The SMILES string of the molecule is CC(C)CC(C(=O)OCCOC(=O)C(CC(C)C)C(C)C)C(C)C. The van der Waals surface area contributed by atoms with Crippen LogP contribution in [0, 0.1) is 35.5 Å². The number of carbonyl (C=O) groups is 2. The average Bonchev–Trinajstić information content (AvgIpc) is 2.45. The molecule has 0 amide bonds. The van der Waals surface area contributed by atoms with Gasteiger partial charge in [0.25, 0.3) is 0 Å². The summed E-state index contributed by atoms with van der Waals surface area (Å²) < 4.78 is 10.6. The number of hydrogen-bond acceptors (Lipinski definition) is 4. The smallest absolute Gasteiger partial charge is 0.309 e. The van der Waals surface area contributed by atoms with Gasteiger partial charge in [0.15, 0.2) is 0 Å². The Morgan fingerprint density at radius 1 is 0.625 bits per heavy atom. The second-order valence-corrected chi connectivity index (χ2v) is 8.30. The van der Waals surface area contributed by atoms with Crippen LogP contribution in [-0.2, 0) is 19.1 Å². The van der Waals surface area contributed by atoms with Gasteiger partial charge in [-0.3, -0.25) is 9.59 Å². The number of esters is 2. The molecule has 0 saturated carbocycles. The van der Waals surface area contributed by atoms with Crippen molar-refractivity contribution in [2.45, 2.75) is 68.2 Å². The molecule has 0 aromatic heterocycles. The summed E-state index contributed by atoms with van der Waals surface area (Å²) >= 11 is 0. The first-order chi connectivity index (χ1) is 11.1. The van der Waals surface area contributed by atoms with Gasteiger partial charge in [-0.05, 0) is 36.5 Å². The van der Waals surface area contributed by atoms with E-state index >= 15 is 0 Å². The van der Waals surface area contributed by atoms with Crippen molar-refractivity contribution in [1.29, 1.82) is 0 Å². The molecule has 0 N–H and O–H groups in total. The lowest BCUT2D eigenvalue weighted by Gasteiger charge is -2.22. The largest absolute Gasteiger partial charge is 0.462 e. The van der Waals surface area contributed by atoms with Gasteiger partial charge in [0.2, 0.25) is 0 Å². The number of ether oxygens (including phenoxy) is 2. The third kappa shape index (κ3) is 9.29. The maximum Gasteiger partial charge on any atom is 0.309 e. The van der Waals surface area contributed by atoms with Gasteiger partial charge >= 0.3 is 11.9 Å². The van der Waals surface area contributed by atoms with Gasteiger partial charge in [-0.25, -0.2) is 0 Å². The van der Waals surface area contributed by atoms with Crippen molar-refractivity contribution in [2.24, 2.45) is 35.5 Å². The number of rotatable bonds is 11. The fraction of sp³-hybridized carbons (Fsp3) is 0.900. The molecule has 142 valence electrons. The summed E-state index contributed by atoms with van der Waals surface area (Å²) in [5.41, 5.74) is 0. The lowest BCUT2D eigenvalue weighted by atomic mass is 9.88. The fourth-order valence-corrected chi connectivity index (χ4v) is 2.80. The monoisotopic (exact) mass is 342 g/mol. The molecule has 0 aliphatic heterocycles. The normalized spacial score (nSPS) is 14.3. The van der Waals surface area contributed by atoms with Crippen LogP contribution in [0.5, 0.6) is 0 Å². The molecule has 2 atom stereocenters. The van der Waals surface area contributed by atoms with E-state index in [-0.39, 0.29) is 48.8 Å². The zero-order valence-corrected chi connectivity index (χ0v) is 16.9.